The van der Waals surface area contributed by atoms with Gasteiger partial charge < -0.3 is 10.2 Å². The molecule has 2 unspecified atom stereocenters. The molecule has 1 aromatic carbocycles. The quantitative estimate of drug-likeness (QED) is 0.275. The van der Waals surface area contributed by atoms with Crippen molar-refractivity contribution in [2.75, 3.05) is 5.33 Å². The average Bonchev–Trinajstić information content (AvgIpc) is 2.37. The van der Waals surface area contributed by atoms with Crippen molar-refractivity contribution in [1.29, 1.82) is 0 Å². The Hall–Kier alpha value is -0.950. The number of hydrazine groups is 1. The SMILES string of the molecule is NNC(=O)c1cccc(C(O)C(O)CCBr)c1. The largest absolute Gasteiger partial charge is 0.390 e. The molecule has 1 rings (SSSR count). The van der Waals surface area contributed by atoms with Crippen LogP contribution >= 0.6 is 15.9 Å². The molecule has 0 aliphatic heterocycles. The van der Waals surface area contributed by atoms with Crippen molar-refractivity contribution < 1.29 is 15.0 Å². The third-order valence-electron chi connectivity index (χ3n) is 2.39. The van der Waals surface area contributed by atoms with Crippen LogP contribution in [0, 0.1) is 0 Å². The molecule has 5 nitrogen and oxygen atoms in total. The van der Waals surface area contributed by atoms with Crippen molar-refractivity contribution in [3.05, 3.63) is 35.4 Å². The maximum absolute atomic E-state index is 11.3. The van der Waals surface area contributed by atoms with E-state index in [0.717, 1.165) is 0 Å². The molecule has 17 heavy (non-hydrogen) atoms. The van der Waals surface area contributed by atoms with Gasteiger partial charge in [-0.3, -0.25) is 10.2 Å². The van der Waals surface area contributed by atoms with Crippen molar-refractivity contribution in [3.63, 3.8) is 0 Å². The molecule has 0 fully saturated rings. The van der Waals surface area contributed by atoms with Gasteiger partial charge in [0.1, 0.15) is 6.10 Å². The molecule has 1 amide bonds. The minimum absolute atomic E-state index is 0.343. The van der Waals surface area contributed by atoms with Gasteiger partial charge in [0.25, 0.3) is 5.91 Å². The van der Waals surface area contributed by atoms with Gasteiger partial charge in [0, 0.05) is 10.9 Å². The number of rotatable bonds is 5. The Morgan fingerprint density at radius 2 is 2.18 bits per heavy atom. The lowest BCUT2D eigenvalue weighted by Crippen LogP contribution is -2.30. The molecule has 0 aliphatic rings. The maximum Gasteiger partial charge on any atom is 0.265 e. The van der Waals surface area contributed by atoms with E-state index in [2.05, 4.69) is 15.9 Å². The van der Waals surface area contributed by atoms with E-state index in [0.29, 0.717) is 22.9 Å². The summed E-state index contributed by atoms with van der Waals surface area (Å²) >= 11 is 3.19. The third-order valence-corrected chi connectivity index (χ3v) is 2.85. The fourth-order valence-electron chi connectivity index (χ4n) is 1.44. The molecular formula is C11H15BrN2O3. The van der Waals surface area contributed by atoms with E-state index in [1.54, 1.807) is 18.2 Å². The molecule has 0 bridgehead atoms. The zero-order chi connectivity index (χ0) is 12.8. The molecule has 0 aliphatic carbocycles. The van der Waals surface area contributed by atoms with Crippen LogP contribution < -0.4 is 11.3 Å². The second-order valence-electron chi connectivity index (χ2n) is 3.59. The number of carbonyl (C=O) groups excluding carboxylic acids is 1. The Kier molecular flexibility index (Phi) is 5.57. The van der Waals surface area contributed by atoms with E-state index in [9.17, 15) is 15.0 Å². The first-order chi connectivity index (χ1) is 8.10. The molecule has 1 aromatic rings. The summed E-state index contributed by atoms with van der Waals surface area (Å²) in [4.78, 5) is 11.3. The number of amides is 1. The number of benzene rings is 1. The highest BCUT2D eigenvalue weighted by atomic mass is 79.9. The topological polar surface area (TPSA) is 95.6 Å². The highest BCUT2D eigenvalue weighted by Gasteiger charge is 2.18. The van der Waals surface area contributed by atoms with Crippen molar-refractivity contribution in [3.8, 4) is 0 Å². The zero-order valence-corrected chi connectivity index (χ0v) is 10.7. The van der Waals surface area contributed by atoms with Gasteiger partial charge in [0.15, 0.2) is 0 Å². The molecular weight excluding hydrogens is 288 g/mol. The van der Waals surface area contributed by atoms with E-state index in [4.69, 9.17) is 5.84 Å². The van der Waals surface area contributed by atoms with Crippen molar-refractivity contribution in [1.82, 2.24) is 5.43 Å². The van der Waals surface area contributed by atoms with Crippen LogP contribution in [0.3, 0.4) is 0 Å². The monoisotopic (exact) mass is 302 g/mol. The Labute approximate surface area is 108 Å². The zero-order valence-electron chi connectivity index (χ0n) is 9.14. The average molecular weight is 303 g/mol. The molecule has 6 heteroatoms. The summed E-state index contributed by atoms with van der Waals surface area (Å²) in [5.74, 6) is 4.58. The number of aliphatic hydroxyl groups excluding tert-OH is 2. The number of nitrogens with two attached hydrogens (primary N) is 1. The van der Waals surface area contributed by atoms with Gasteiger partial charge in [-0.05, 0) is 24.1 Å². The predicted molar refractivity (Wildman–Crippen MR) is 67.5 cm³/mol. The normalized spacial score (nSPS) is 14.1. The molecule has 5 N–H and O–H groups in total. The number of alkyl halides is 1. The molecule has 0 aromatic heterocycles. The molecule has 0 spiro atoms. The molecule has 0 saturated carbocycles. The lowest BCUT2D eigenvalue weighted by atomic mass is 10.0. The highest BCUT2D eigenvalue weighted by molar-refractivity contribution is 9.09. The van der Waals surface area contributed by atoms with Crippen LogP contribution in [0.15, 0.2) is 24.3 Å². The first-order valence-electron chi connectivity index (χ1n) is 5.13. The first kappa shape index (κ1) is 14.1. The van der Waals surface area contributed by atoms with Crippen molar-refractivity contribution >= 4 is 21.8 Å². The molecule has 0 radical (unpaired) electrons. The molecule has 0 heterocycles. The van der Waals surface area contributed by atoms with E-state index in [-0.39, 0.29) is 0 Å². The Morgan fingerprint density at radius 1 is 1.47 bits per heavy atom. The summed E-state index contributed by atoms with van der Waals surface area (Å²) in [6.07, 6.45) is -1.46. The van der Waals surface area contributed by atoms with E-state index in [1.165, 1.54) is 6.07 Å². The number of carbonyl (C=O) groups is 1. The predicted octanol–water partition coefficient (Wildman–Crippen LogP) is 0.469. The van der Waals surface area contributed by atoms with Crippen LogP contribution in [-0.4, -0.2) is 27.6 Å². The van der Waals surface area contributed by atoms with Gasteiger partial charge in [-0.1, -0.05) is 28.1 Å². The molecule has 2 atom stereocenters. The minimum Gasteiger partial charge on any atom is -0.390 e. The van der Waals surface area contributed by atoms with Gasteiger partial charge in [-0.25, -0.2) is 5.84 Å². The summed E-state index contributed by atoms with van der Waals surface area (Å²) in [5, 5.41) is 20.1. The summed E-state index contributed by atoms with van der Waals surface area (Å²) in [6, 6.07) is 6.36. The molecule has 94 valence electrons. The third kappa shape index (κ3) is 3.78. The van der Waals surface area contributed by atoms with Gasteiger partial charge in [0.05, 0.1) is 6.10 Å². The summed E-state index contributed by atoms with van der Waals surface area (Å²) in [7, 11) is 0. The Balaban J connectivity index is 2.87. The van der Waals surface area contributed by atoms with Crippen molar-refractivity contribution in [2.45, 2.75) is 18.6 Å². The molecule has 0 saturated heterocycles. The minimum atomic E-state index is -1.02. The Morgan fingerprint density at radius 3 is 2.76 bits per heavy atom. The fraction of sp³-hybridized carbons (Fsp3) is 0.364. The fourth-order valence-corrected chi connectivity index (χ4v) is 1.91. The number of hydrogen-bond acceptors (Lipinski definition) is 4. The second kappa shape index (κ2) is 6.70. The second-order valence-corrected chi connectivity index (χ2v) is 4.38. The summed E-state index contributed by atoms with van der Waals surface area (Å²) < 4.78 is 0. The standard InChI is InChI=1S/C11H15BrN2O3/c12-5-4-9(15)10(16)7-2-1-3-8(6-7)11(17)14-13/h1-3,6,9-10,15-16H,4-5,13H2,(H,14,17). The van der Waals surface area contributed by atoms with Gasteiger partial charge in [-0.15, -0.1) is 0 Å². The van der Waals surface area contributed by atoms with Gasteiger partial charge in [-0.2, -0.15) is 0 Å². The lowest BCUT2D eigenvalue weighted by Gasteiger charge is -2.17. The summed E-state index contributed by atoms with van der Waals surface area (Å²) in [5.41, 5.74) is 2.84. The van der Waals surface area contributed by atoms with Crippen molar-refractivity contribution in [2.24, 2.45) is 5.84 Å². The van der Waals surface area contributed by atoms with Gasteiger partial charge in [0.2, 0.25) is 0 Å². The maximum atomic E-state index is 11.3. The number of hydrogen-bond donors (Lipinski definition) is 4. The van der Waals surface area contributed by atoms with Crippen LogP contribution in [0.5, 0.6) is 0 Å². The van der Waals surface area contributed by atoms with E-state index >= 15 is 0 Å². The van der Waals surface area contributed by atoms with E-state index in [1.807, 2.05) is 5.43 Å². The van der Waals surface area contributed by atoms with Crippen LogP contribution in [0.1, 0.15) is 28.4 Å². The van der Waals surface area contributed by atoms with E-state index < -0.39 is 18.1 Å². The smallest absolute Gasteiger partial charge is 0.265 e. The lowest BCUT2D eigenvalue weighted by molar-refractivity contribution is 0.0173. The summed E-state index contributed by atoms with van der Waals surface area (Å²) in [6.45, 7) is 0. The van der Waals surface area contributed by atoms with Crippen LogP contribution in [0.25, 0.3) is 0 Å². The van der Waals surface area contributed by atoms with Crippen LogP contribution in [0.2, 0.25) is 0 Å². The van der Waals surface area contributed by atoms with Crippen LogP contribution in [0.4, 0.5) is 0 Å². The number of aliphatic hydroxyl groups is 2. The van der Waals surface area contributed by atoms with Gasteiger partial charge >= 0.3 is 0 Å². The van der Waals surface area contributed by atoms with Crippen LogP contribution in [-0.2, 0) is 0 Å². The first-order valence-corrected chi connectivity index (χ1v) is 6.25. The number of nitrogen functional groups attached to an aromatic ring is 1. The Bertz CT molecular complexity index is 387. The number of nitrogens with one attached hydrogen (secondary N) is 1. The number of halogens is 1. The highest BCUT2D eigenvalue weighted by Crippen LogP contribution is 2.20.